The first-order valence-electron chi connectivity index (χ1n) is 5.69. The Kier molecular flexibility index (Phi) is 4.89. The van der Waals surface area contributed by atoms with Crippen molar-refractivity contribution in [1.82, 2.24) is 9.80 Å². The Bertz CT molecular complexity index is 258. The summed E-state index contributed by atoms with van der Waals surface area (Å²) in [6.07, 6.45) is -0.339. The Morgan fingerprint density at radius 2 is 1.81 bits per heavy atom. The maximum absolute atomic E-state index is 11.5. The van der Waals surface area contributed by atoms with Crippen LogP contribution in [0.15, 0.2) is 0 Å². The van der Waals surface area contributed by atoms with Gasteiger partial charge in [0.05, 0.1) is 0 Å². The van der Waals surface area contributed by atoms with Crippen molar-refractivity contribution in [1.29, 1.82) is 0 Å². The molecule has 1 unspecified atom stereocenters. The molecule has 0 bridgehead atoms. The van der Waals surface area contributed by atoms with Crippen LogP contribution in [0, 0.1) is 0 Å². The number of rotatable bonds is 4. The summed E-state index contributed by atoms with van der Waals surface area (Å²) in [7, 11) is 0. The molecule has 92 valence electrons. The van der Waals surface area contributed by atoms with E-state index in [0.29, 0.717) is 19.5 Å². The number of nitrogens with zero attached hydrogens (tertiary/aromatic N) is 2. The predicted molar refractivity (Wildman–Crippen MR) is 60.0 cm³/mol. The summed E-state index contributed by atoms with van der Waals surface area (Å²) >= 11 is 0. The van der Waals surface area contributed by atoms with Gasteiger partial charge in [0.1, 0.15) is 11.9 Å². The van der Waals surface area contributed by atoms with Gasteiger partial charge in [0.2, 0.25) is 0 Å². The molecule has 1 aliphatic heterocycles. The first-order chi connectivity index (χ1) is 7.50. The van der Waals surface area contributed by atoms with E-state index in [2.05, 4.69) is 4.90 Å². The fourth-order valence-electron chi connectivity index (χ4n) is 1.77. The average molecular weight is 228 g/mol. The van der Waals surface area contributed by atoms with Crippen LogP contribution in [0.5, 0.6) is 0 Å². The number of Topliss-reactive ketones (excluding diaryl/α,β-unsaturated/α-hetero) is 1. The van der Waals surface area contributed by atoms with Gasteiger partial charge in [-0.3, -0.25) is 14.5 Å². The summed E-state index contributed by atoms with van der Waals surface area (Å²) in [5, 5.41) is 9.17. The van der Waals surface area contributed by atoms with E-state index < -0.39 is 6.10 Å². The fourth-order valence-corrected chi connectivity index (χ4v) is 1.77. The van der Waals surface area contributed by atoms with Crippen LogP contribution in [-0.4, -0.2) is 65.4 Å². The Morgan fingerprint density at radius 3 is 2.25 bits per heavy atom. The highest BCUT2D eigenvalue weighted by molar-refractivity contribution is 5.80. The van der Waals surface area contributed by atoms with E-state index in [-0.39, 0.29) is 11.7 Å². The first kappa shape index (κ1) is 13.1. The molecule has 5 nitrogen and oxygen atoms in total. The number of piperazine rings is 1. The molecule has 0 spiro atoms. The molecule has 1 saturated heterocycles. The van der Waals surface area contributed by atoms with E-state index in [0.717, 1.165) is 19.6 Å². The Balaban J connectivity index is 2.28. The van der Waals surface area contributed by atoms with Gasteiger partial charge in [0.15, 0.2) is 0 Å². The van der Waals surface area contributed by atoms with Crippen molar-refractivity contribution in [2.45, 2.75) is 26.4 Å². The lowest BCUT2D eigenvalue weighted by Gasteiger charge is -2.35. The zero-order chi connectivity index (χ0) is 12.1. The maximum atomic E-state index is 11.5. The van der Waals surface area contributed by atoms with Crippen LogP contribution in [0.25, 0.3) is 0 Å². The van der Waals surface area contributed by atoms with Gasteiger partial charge < -0.3 is 10.0 Å². The molecule has 1 atom stereocenters. The molecule has 0 aliphatic carbocycles. The molecule has 1 rings (SSSR count). The average Bonchev–Trinajstić information content (AvgIpc) is 2.26. The zero-order valence-corrected chi connectivity index (χ0v) is 9.98. The van der Waals surface area contributed by atoms with Crippen LogP contribution < -0.4 is 0 Å². The second kappa shape index (κ2) is 5.96. The number of carbonyl (C=O) groups excluding carboxylic acids is 2. The van der Waals surface area contributed by atoms with E-state index >= 15 is 0 Å². The minimum atomic E-state index is -0.913. The number of hydrogen-bond acceptors (Lipinski definition) is 4. The molecular weight excluding hydrogens is 208 g/mol. The molecule has 1 heterocycles. The van der Waals surface area contributed by atoms with Crippen molar-refractivity contribution in [3.8, 4) is 0 Å². The fraction of sp³-hybridized carbons (Fsp3) is 0.818. The molecule has 1 N–H and O–H groups in total. The third kappa shape index (κ3) is 3.90. The van der Waals surface area contributed by atoms with Gasteiger partial charge in [0.25, 0.3) is 5.91 Å². The SMILES string of the molecule is CC(=O)CCN1CCN(C(=O)C(C)O)CC1. The summed E-state index contributed by atoms with van der Waals surface area (Å²) < 4.78 is 0. The summed E-state index contributed by atoms with van der Waals surface area (Å²) in [4.78, 5) is 26.1. The van der Waals surface area contributed by atoms with Crippen LogP contribution >= 0.6 is 0 Å². The second-order valence-corrected chi connectivity index (χ2v) is 4.29. The van der Waals surface area contributed by atoms with Crippen molar-refractivity contribution >= 4 is 11.7 Å². The summed E-state index contributed by atoms with van der Waals surface area (Å²) in [5.41, 5.74) is 0. The molecule has 1 aliphatic rings. The van der Waals surface area contributed by atoms with Gasteiger partial charge in [-0.25, -0.2) is 0 Å². The van der Waals surface area contributed by atoms with Crippen LogP contribution in [0.2, 0.25) is 0 Å². The van der Waals surface area contributed by atoms with Crippen LogP contribution in [0.1, 0.15) is 20.3 Å². The van der Waals surface area contributed by atoms with Gasteiger partial charge >= 0.3 is 0 Å². The molecule has 0 radical (unpaired) electrons. The minimum Gasteiger partial charge on any atom is -0.384 e. The van der Waals surface area contributed by atoms with Crippen LogP contribution in [0.3, 0.4) is 0 Å². The van der Waals surface area contributed by atoms with E-state index in [1.807, 2.05) is 0 Å². The van der Waals surface area contributed by atoms with Crippen molar-refractivity contribution in [2.24, 2.45) is 0 Å². The normalized spacial score (nSPS) is 19.6. The van der Waals surface area contributed by atoms with Gasteiger partial charge in [-0.1, -0.05) is 0 Å². The molecule has 0 aromatic carbocycles. The Labute approximate surface area is 96.0 Å². The molecule has 0 aromatic heterocycles. The maximum Gasteiger partial charge on any atom is 0.251 e. The lowest BCUT2D eigenvalue weighted by Crippen LogP contribution is -2.51. The second-order valence-electron chi connectivity index (χ2n) is 4.29. The largest absolute Gasteiger partial charge is 0.384 e. The number of hydrogen-bond donors (Lipinski definition) is 1. The van der Waals surface area contributed by atoms with E-state index in [1.165, 1.54) is 6.92 Å². The van der Waals surface area contributed by atoms with Crippen LogP contribution in [0.4, 0.5) is 0 Å². The molecule has 5 heteroatoms. The highest BCUT2D eigenvalue weighted by atomic mass is 16.3. The third-order valence-corrected chi connectivity index (χ3v) is 2.82. The molecule has 1 amide bonds. The number of aliphatic hydroxyl groups is 1. The Hall–Kier alpha value is -0.940. The summed E-state index contributed by atoms with van der Waals surface area (Å²) in [6, 6.07) is 0. The summed E-state index contributed by atoms with van der Waals surface area (Å²) in [5.74, 6) is -0.00583. The standard InChI is InChI=1S/C11H20N2O3/c1-9(14)3-4-12-5-7-13(8-6-12)11(16)10(2)15/h10,15H,3-8H2,1-2H3. The molecule has 1 fully saturated rings. The van der Waals surface area contributed by atoms with E-state index in [4.69, 9.17) is 5.11 Å². The Morgan fingerprint density at radius 1 is 1.25 bits per heavy atom. The molecule has 16 heavy (non-hydrogen) atoms. The molecule has 0 saturated carbocycles. The van der Waals surface area contributed by atoms with E-state index in [1.54, 1.807) is 11.8 Å². The van der Waals surface area contributed by atoms with Crippen LogP contribution in [-0.2, 0) is 9.59 Å². The monoisotopic (exact) mass is 228 g/mol. The topological polar surface area (TPSA) is 60.9 Å². The number of ketones is 1. The first-order valence-corrected chi connectivity index (χ1v) is 5.69. The van der Waals surface area contributed by atoms with Crippen molar-refractivity contribution in [3.05, 3.63) is 0 Å². The lowest BCUT2D eigenvalue weighted by molar-refractivity contribution is -0.141. The predicted octanol–water partition coefficient (Wildman–Crippen LogP) is -0.509. The highest BCUT2D eigenvalue weighted by Gasteiger charge is 2.23. The number of amides is 1. The quantitative estimate of drug-likeness (QED) is 0.704. The van der Waals surface area contributed by atoms with Gasteiger partial charge in [0, 0.05) is 39.1 Å². The third-order valence-electron chi connectivity index (χ3n) is 2.82. The van der Waals surface area contributed by atoms with Gasteiger partial charge in [-0.05, 0) is 13.8 Å². The van der Waals surface area contributed by atoms with Crippen molar-refractivity contribution < 1.29 is 14.7 Å². The lowest BCUT2D eigenvalue weighted by atomic mass is 10.2. The number of carbonyl (C=O) groups is 2. The zero-order valence-electron chi connectivity index (χ0n) is 9.98. The van der Waals surface area contributed by atoms with Gasteiger partial charge in [-0.2, -0.15) is 0 Å². The van der Waals surface area contributed by atoms with Crippen molar-refractivity contribution in [3.63, 3.8) is 0 Å². The smallest absolute Gasteiger partial charge is 0.251 e. The number of aliphatic hydroxyl groups excluding tert-OH is 1. The highest BCUT2D eigenvalue weighted by Crippen LogP contribution is 2.04. The molecule has 0 aromatic rings. The van der Waals surface area contributed by atoms with Gasteiger partial charge in [-0.15, -0.1) is 0 Å². The van der Waals surface area contributed by atoms with E-state index in [9.17, 15) is 9.59 Å². The van der Waals surface area contributed by atoms with Crippen molar-refractivity contribution in [2.75, 3.05) is 32.7 Å². The minimum absolute atomic E-state index is 0.197. The summed E-state index contributed by atoms with van der Waals surface area (Å²) in [6.45, 7) is 6.70. The molecular formula is C11H20N2O3.